The molecule has 5 nitrogen and oxygen atoms in total. The molecule has 1 aromatic rings. The molecule has 2 heterocycles. The molecule has 1 fully saturated rings. The van der Waals surface area contributed by atoms with E-state index in [0.29, 0.717) is 0 Å². The molecule has 0 atom stereocenters. The summed E-state index contributed by atoms with van der Waals surface area (Å²) in [4.78, 5) is 6.92. The van der Waals surface area contributed by atoms with Gasteiger partial charge < -0.3 is 10.6 Å². The Kier molecular flexibility index (Phi) is 4.34. The lowest BCUT2D eigenvalue weighted by Gasteiger charge is -2.38. The van der Waals surface area contributed by atoms with Crippen molar-refractivity contribution in [2.45, 2.75) is 46.5 Å². The van der Waals surface area contributed by atoms with Gasteiger partial charge in [-0.15, -0.1) is 5.10 Å². The first-order chi connectivity index (χ1) is 9.11. The lowest BCUT2D eigenvalue weighted by atomic mass is 9.81. The fraction of sp³-hybridized carbons (Fsp3) is 0.786. The van der Waals surface area contributed by atoms with Gasteiger partial charge >= 0.3 is 0 Å². The molecule has 1 aliphatic heterocycles. The zero-order chi connectivity index (χ0) is 13.9. The summed E-state index contributed by atoms with van der Waals surface area (Å²) in [6.07, 6.45) is 4.02. The highest BCUT2D eigenvalue weighted by Crippen LogP contribution is 2.30. The summed E-state index contributed by atoms with van der Waals surface area (Å²) in [5.41, 5.74) is 8.23. The Hall–Kier alpha value is -1.23. The Labute approximate surface area is 115 Å². The van der Waals surface area contributed by atoms with Gasteiger partial charge in [0.1, 0.15) is 0 Å². The molecule has 1 aliphatic rings. The van der Waals surface area contributed by atoms with Crippen molar-refractivity contribution in [3.63, 3.8) is 0 Å². The molecular weight excluding hydrogens is 238 g/mol. The average molecular weight is 263 g/mol. The van der Waals surface area contributed by atoms with Crippen LogP contribution in [0.1, 0.15) is 45.0 Å². The lowest BCUT2D eigenvalue weighted by Crippen LogP contribution is -2.43. The molecule has 106 valence electrons. The molecule has 0 aromatic carbocycles. The van der Waals surface area contributed by atoms with E-state index in [0.717, 1.165) is 62.7 Å². The van der Waals surface area contributed by atoms with E-state index >= 15 is 0 Å². The third kappa shape index (κ3) is 3.03. The van der Waals surface area contributed by atoms with Crippen LogP contribution in [0.2, 0.25) is 0 Å². The van der Waals surface area contributed by atoms with Crippen LogP contribution >= 0.6 is 0 Å². The van der Waals surface area contributed by atoms with E-state index in [1.54, 1.807) is 0 Å². The van der Waals surface area contributed by atoms with Gasteiger partial charge in [-0.3, -0.25) is 0 Å². The summed E-state index contributed by atoms with van der Waals surface area (Å²) in [5.74, 6) is 0.785. The molecule has 19 heavy (non-hydrogen) atoms. The number of rotatable bonds is 4. The second-order valence-corrected chi connectivity index (χ2v) is 5.71. The van der Waals surface area contributed by atoms with Crippen molar-refractivity contribution in [3.8, 4) is 0 Å². The third-order valence-corrected chi connectivity index (χ3v) is 4.24. The number of aryl methyl sites for hydroxylation is 2. The van der Waals surface area contributed by atoms with Gasteiger partial charge in [-0.2, -0.15) is 5.10 Å². The Bertz CT molecular complexity index is 424. The largest absolute Gasteiger partial charge is 0.339 e. The van der Waals surface area contributed by atoms with Gasteiger partial charge in [0.15, 0.2) is 0 Å². The Morgan fingerprint density at radius 2 is 1.74 bits per heavy atom. The zero-order valence-corrected chi connectivity index (χ0v) is 12.3. The van der Waals surface area contributed by atoms with Crippen molar-refractivity contribution < 1.29 is 0 Å². The van der Waals surface area contributed by atoms with Gasteiger partial charge in [0.2, 0.25) is 5.95 Å². The van der Waals surface area contributed by atoms with Gasteiger partial charge in [0.25, 0.3) is 0 Å². The summed E-state index contributed by atoms with van der Waals surface area (Å²) >= 11 is 0. The normalized spacial score (nSPS) is 18.6. The number of nitrogens with zero attached hydrogens (tertiary/aromatic N) is 4. The van der Waals surface area contributed by atoms with Crippen LogP contribution in [0, 0.1) is 5.41 Å². The first kappa shape index (κ1) is 14.2. The van der Waals surface area contributed by atoms with E-state index in [1.807, 2.05) is 0 Å². The number of nitrogens with two attached hydrogens (primary N) is 1. The first-order valence-electron chi connectivity index (χ1n) is 7.29. The number of hydrogen-bond donors (Lipinski definition) is 1. The molecule has 1 aromatic heterocycles. The maximum absolute atomic E-state index is 5.84. The van der Waals surface area contributed by atoms with Crippen molar-refractivity contribution in [3.05, 3.63) is 11.4 Å². The van der Waals surface area contributed by atoms with Crippen LogP contribution in [0.4, 0.5) is 5.95 Å². The molecular formula is C14H25N5. The molecule has 0 aliphatic carbocycles. The predicted octanol–water partition coefficient (Wildman–Crippen LogP) is 1.56. The number of anilines is 1. The van der Waals surface area contributed by atoms with Crippen molar-refractivity contribution >= 4 is 5.95 Å². The highest BCUT2D eigenvalue weighted by Gasteiger charge is 2.29. The third-order valence-electron chi connectivity index (χ3n) is 4.24. The van der Waals surface area contributed by atoms with Gasteiger partial charge in [0, 0.05) is 13.1 Å². The highest BCUT2D eigenvalue weighted by atomic mass is 15.3. The fourth-order valence-corrected chi connectivity index (χ4v) is 2.51. The summed E-state index contributed by atoms with van der Waals surface area (Å²) in [5, 5.41) is 8.61. The van der Waals surface area contributed by atoms with Gasteiger partial charge in [-0.25, -0.2) is 4.98 Å². The van der Waals surface area contributed by atoms with Crippen LogP contribution in [0.5, 0.6) is 0 Å². The Morgan fingerprint density at radius 3 is 2.26 bits per heavy atom. The maximum atomic E-state index is 5.84. The molecule has 1 saturated heterocycles. The van der Waals surface area contributed by atoms with E-state index in [9.17, 15) is 0 Å². The molecule has 0 unspecified atom stereocenters. The fourth-order valence-electron chi connectivity index (χ4n) is 2.51. The first-order valence-corrected chi connectivity index (χ1v) is 7.29. The smallest absolute Gasteiger partial charge is 0.245 e. The number of aromatic nitrogens is 3. The van der Waals surface area contributed by atoms with Gasteiger partial charge in [-0.1, -0.05) is 20.8 Å². The Balaban J connectivity index is 2.11. The van der Waals surface area contributed by atoms with Crippen LogP contribution in [0.15, 0.2) is 0 Å². The van der Waals surface area contributed by atoms with E-state index in [-0.39, 0.29) is 5.41 Å². The monoisotopic (exact) mass is 263 g/mol. The molecule has 2 rings (SSSR count). The molecule has 5 heteroatoms. The minimum absolute atomic E-state index is 0.279. The molecule has 0 bridgehead atoms. The van der Waals surface area contributed by atoms with Crippen LogP contribution in [0.25, 0.3) is 0 Å². The molecule has 2 N–H and O–H groups in total. The second-order valence-electron chi connectivity index (χ2n) is 5.71. The predicted molar refractivity (Wildman–Crippen MR) is 77.2 cm³/mol. The highest BCUT2D eigenvalue weighted by molar-refractivity contribution is 5.31. The van der Waals surface area contributed by atoms with Crippen LogP contribution in [-0.4, -0.2) is 34.8 Å². The lowest BCUT2D eigenvalue weighted by molar-refractivity contribution is 0.257. The molecule has 0 amide bonds. The van der Waals surface area contributed by atoms with Crippen LogP contribution in [-0.2, 0) is 12.8 Å². The van der Waals surface area contributed by atoms with Crippen LogP contribution < -0.4 is 10.6 Å². The molecule has 0 radical (unpaired) electrons. The number of hydrogen-bond acceptors (Lipinski definition) is 5. The second kappa shape index (κ2) is 5.82. The SMILES string of the molecule is CCc1nnc(N2CCC(C)(CN)CC2)nc1CC. The molecule has 0 spiro atoms. The Morgan fingerprint density at radius 1 is 1.11 bits per heavy atom. The standard InChI is InChI=1S/C14H25N5/c1-4-11-12(5-2)17-18-13(16-11)19-8-6-14(3,10-15)7-9-19/h4-10,15H2,1-3H3. The number of piperidine rings is 1. The summed E-state index contributed by atoms with van der Waals surface area (Å²) in [7, 11) is 0. The van der Waals surface area contributed by atoms with Crippen molar-refractivity contribution in [2.24, 2.45) is 11.1 Å². The quantitative estimate of drug-likeness (QED) is 0.893. The van der Waals surface area contributed by atoms with Gasteiger partial charge in [-0.05, 0) is 37.6 Å². The van der Waals surface area contributed by atoms with Crippen molar-refractivity contribution in [1.29, 1.82) is 0 Å². The van der Waals surface area contributed by atoms with E-state index in [2.05, 4.69) is 40.9 Å². The average Bonchev–Trinajstić information content (AvgIpc) is 2.47. The van der Waals surface area contributed by atoms with Crippen molar-refractivity contribution in [1.82, 2.24) is 15.2 Å². The summed E-state index contributed by atoms with van der Waals surface area (Å²) < 4.78 is 0. The maximum Gasteiger partial charge on any atom is 0.245 e. The van der Waals surface area contributed by atoms with Crippen LogP contribution in [0.3, 0.4) is 0 Å². The van der Waals surface area contributed by atoms with E-state index in [4.69, 9.17) is 5.73 Å². The zero-order valence-electron chi connectivity index (χ0n) is 12.3. The van der Waals surface area contributed by atoms with Gasteiger partial charge in [0.05, 0.1) is 11.4 Å². The topological polar surface area (TPSA) is 67.9 Å². The minimum atomic E-state index is 0.279. The summed E-state index contributed by atoms with van der Waals surface area (Å²) in [6.45, 7) is 9.19. The summed E-state index contributed by atoms with van der Waals surface area (Å²) in [6, 6.07) is 0. The van der Waals surface area contributed by atoms with E-state index in [1.165, 1.54) is 0 Å². The van der Waals surface area contributed by atoms with Crippen molar-refractivity contribution in [2.75, 3.05) is 24.5 Å². The van der Waals surface area contributed by atoms with E-state index < -0.39 is 0 Å². The molecule has 0 saturated carbocycles. The minimum Gasteiger partial charge on any atom is -0.339 e.